The van der Waals surface area contributed by atoms with Crippen LogP contribution in [0, 0.1) is 0 Å². The second kappa shape index (κ2) is 3.92. The summed E-state index contributed by atoms with van der Waals surface area (Å²) in [5.41, 5.74) is -2.60. The predicted molar refractivity (Wildman–Crippen MR) is 34.6 cm³/mol. The van der Waals surface area contributed by atoms with Crippen LogP contribution in [0.5, 0.6) is 0 Å². The number of halogens is 7. The number of aromatic nitrogens is 2. The van der Waals surface area contributed by atoms with Gasteiger partial charge in [0.25, 0.3) is 6.36 Å². The number of rotatable bonds is 2. The van der Waals surface area contributed by atoms with Gasteiger partial charge in [-0.25, -0.2) is 4.39 Å². The molecular weight excluding hydrogens is 249 g/mol. The molecule has 1 heterocycles. The molecule has 0 spiro atoms. The van der Waals surface area contributed by atoms with E-state index < -0.39 is 30.3 Å². The average Bonchev–Trinajstić information content (AvgIpc) is 2.46. The molecule has 1 unspecified atom stereocenters. The Kier molecular flexibility index (Phi) is 3.13. The van der Waals surface area contributed by atoms with Crippen LogP contribution in [0.25, 0.3) is 0 Å². The highest BCUT2D eigenvalue weighted by Crippen LogP contribution is 2.32. The molecule has 0 aliphatic carbocycles. The summed E-state index contributed by atoms with van der Waals surface area (Å²) in [6, 6.07) is 0.0937. The third-order valence-electron chi connectivity index (χ3n) is 1.37. The second-order valence-corrected chi connectivity index (χ2v) is 2.58. The Morgan fingerprint density at radius 3 is 2.12 bits per heavy atom. The van der Waals surface area contributed by atoms with Crippen LogP contribution in [0.1, 0.15) is 17.7 Å². The molecule has 0 amide bonds. The van der Waals surface area contributed by atoms with Gasteiger partial charge in [0.05, 0.1) is 0 Å². The maximum Gasteiger partial charge on any atom is 0.525 e. The molecule has 0 radical (unpaired) electrons. The molecule has 0 saturated carbocycles. The van der Waals surface area contributed by atoms with Crippen molar-refractivity contribution in [2.75, 3.05) is 0 Å². The number of alkyl halides is 7. The molecule has 1 N–H and O–H groups in total. The van der Waals surface area contributed by atoms with Gasteiger partial charge in [0.1, 0.15) is 11.4 Å². The molecular formula is C6H3F7N2O. The molecule has 0 saturated heterocycles. The molecule has 10 heteroatoms. The first-order valence-corrected chi connectivity index (χ1v) is 3.61. The number of H-pyrrole nitrogens is 1. The summed E-state index contributed by atoms with van der Waals surface area (Å²) in [4.78, 5) is 0. The van der Waals surface area contributed by atoms with E-state index in [-0.39, 0.29) is 6.07 Å². The fraction of sp³-hybridized carbons (Fsp3) is 0.500. The van der Waals surface area contributed by atoms with Gasteiger partial charge < -0.3 is 0 Å². The topological polar surface area (TPSA) is 37.9 Å². The van der Waals surface area contributed by atoms with Crippen LogP contribution < -0.4 is 0 Å². The number of ether oxygens (including phenoxy) is 1. The fourth-order valence-corrected chi connectivity index (χ4v) is 0.776. The van der Waals surface area contributed by atoms with E-state index in [1.165, 1.54) is 5.10 Å². The number of aromatic amines is 1. The van der Waals surface area contributed by atoms with Gasteiger partial charge in [-0.2, -0.15) is 18.3 Å². The third-order valence-corrected chi connectivity index (χ3v) is 1.37. The molecule has 1 atom stereocenters. The van der Waals surface area contributed by atoms with Crippen molar-refractivity contribution in [3.63, 3.8) is 0 Å². The zero-order valence-corrected chi connectivity index (χ0v) is 7.16. The number of nitrogens with zero attached hydrogens (tertiary/aromatic N) is 1. The largest absolute Gasteiger partial charge is 0.525 e. The fourth-order valence-electron chi connectivity index (χ4n) is 0.776. The summed E-state index contributed by atoms with van der Waals surface area (Å²) < 4.78 is 85.8. The third kappa shape index (κ3) is 3.36. The van der Waals surface area contributed by atoms with Gasteiger partial charge in [0.15, 0.2) is 0 Å². The van der Waals surface area contributed by atoms with Crippen molar-refractivity contribution >= 4 is 0 Å². The predicted octanol–water partition coefficient (Wildman–Crippen LogP) is 2.93. The van der Waals surface area contributed by atoms with E-state index in [1.54, 1.807) is 0 Å². The number of hydrogen-bond donors (Lipinski definition) is 1. The van der Waals surface area contributed by atoms with Crippen LogP contribution in [0.2, 0.25) is 0 Å². The summed E-state index contributed by atoms with van der Waals surface area (Å²) in [6.45, 7) is 0. The SMILES string of the molecule is FC(OC(F)(F)F)c1cc(C(F)(F)F)[nH]n1. The summed E-state index contributed by atoms with van der Waals surface area (Å²) in [6.07, 6.45) is -13.2. The lowest BCUT2D eigenvalue weighted by Crippen LogP contribution is -2.15. The van der Waals surface area contributed by atoms with Crippen LogP contribution in [-0.4, -0.2) is 16.6 Å². The van der Waals surface area contributed by atoms with Crippen molar-refractivity contribution in [3.05, 3.63) is 17.5 Å². The lowest BCUT2D eigenvalue weighted by molar-refractivity contribution is -0.363. The van der Waals surface area contributed by atoms with Gasteiger partial charge in [0, 0.05) is 0 Å². The van der Waals surface area contributed by atoms with Crippen LogP contribution in [0.3, 0.4) is 0 Å². The molecule has 0 aromatic carbocycles. The van der Waals surface area contributed by atoms with Crippen molar-refractivity contribution in [1.82, 2.24) is 10.2 Å². The minimum Gasteiger partial charge on any atom is -0.273 e. The highest BCUT2D eigenvalue weighted by molar-refractivity contribution is 5.12. The van der Waals surface area contributed by atoms with Crippen molar-refractivity contribution in [2.45, 2.75) is 18.9 Å². The molecule has 16 heavy (non-hydrogen) atoms. The average molecular weight is 252 g/mol. The van der Waals surface area contributed by atoms with Gasteiger partial charge in [-0.15, -0.1) is 13.2 Å². The standard InChI is InChI=1S/C6H3F7N2O/c7-4(16-6(11,12)13)2-1-3(15-14-2)5(8,9)10/h1,4H,(H,14,15). The Hall–Kier alpha value is -1.32. The summed E-state index contributed by atoms with van der Waals surface area (Å²) in [5, 5.41) is 4.07. The molecule has 92 valence electrons. The van der Waals surface area contributed by atoms with Crippen molar-refractivity contribution in [2.24, 2.45) is 0 Å². The van der Waals surface area contributed by atoms with E-state index in [0.717, 1.165) is 0 Å². The van der Waals surface area contributed by atoms with E-state index in [1.807, 2.05) is 0 Å². The summed E-state index contributed by atoms with van der Waals surface area (Å²) >= 11 is 0. The summed E-state index contributed by atoms with van der Waals surface area (Å²) in [5.74, 6) is 0. The van der Waals surface area contributed by atoms with Crippen molar-refractivity contribution in [3.8, 4) is 0 Å². The van der Waals surface area contributed by atoms with Crippen molar-refractivity contribution < 1.29 is 35.5 Å². The molecule has 1 rings (SSSR count). The van der Waals surface area contributed by atoms with E-state index in [0.29, 0.717) is 0 Å². The minimum atomic E-state index is -5.29. The number of nitrogens with one attached hydrogen (secondary N) is 1. The van der Waals surface area contributed by atoms with Gasteiger partial charge in [0.2, 0.25) is 0 Å². The number of hydrogen-bond acceptors (Lipinski definition) is 2. The van der Waals surface area contributed by atoms with Gasteiger partial charge in [-0.1, -0.05) is 0 Å². The lowest BCUT2D eigenvalue weighted by atomic mass is 10.3. The quantitative estimate of drug-likeness (QED) is 0.821. The Balaban J connectivity index is 2.79. The highest BCUT2D eigenvalue weighted by Gasteiger charge is 2.38. The van der Waals surface area contributed by atoms with E-state index in [9.17, 15) is 30.7 Å². The van der Waals surface area contributed by atoms with Crippen LogP contribution in [0.15, 0.2) is 6.07 Å². The lowest BCUT2D eigenvalue weighted by Gasteiger charge is -2.09. The maximum atomic E-state index is 12.6. The Labute approximate surface area is 83.2 Å². The minimum absolute atomic E-state index is 0.0937. The van der Waals surface area contributed by atoms with E-state index in [4.69, 9.17) is 0 Å². The molecule has 0 aliphatic heterocycles. The van der Waals surface area contributed by atoms with Crippen LogP contribution >= 0.6 is 0 Å². The monoisotopic (exact) mass is 252 g/mol. The molecule has 0 aliphatic rings. The zero-order valence-electron chi connectivity index (χ0n) is 7.16. The smallest absolute Gasteiger partial charge is 0.273 e. The normalized spacial score (nSPS) is 15.2. The first-order chi connectivity index (χ1) is 7.09. The first kappa shape index (κ1) is 12.7. The molecule has 1 aromatic heterocycles. The summed E-state index contributed by atoms with van der Waals surface area (Å²) in [7, 11) is 0. The Morgan fingerprint density at radius 2 is 1.75 bits per heavy atom. The second-order valence-electron chi connectivity index (χ2n) is 2.58. The van der Waals surface area contributed by atoms with Crippen LogP contribution in [-0.2, 0) is 10.9 Å². The molecule has 1 aromatic rings. The van der Waals surface area contributed by atoms with Crippen LogP contribution in [0.4, 0.5) is 30.7 Å². The van der Waals surface area contributed by atoms with Gasteiger partial charge in [-0.3, -0.25) is 9.84 Å². The molecule has 0 fully saturated rings. The van der Waals surface area contributed by atoms with E-state index >= 15 is 0 Å². The maximum absolute atomic E-state index is 12.6. The molecule has 0 bridgehead atoms. The highest BCUT2D eigenvalue weighted by atomic mass is 19.4. The van der Waals surface area contributed by atoms with Gasteiger partial charge >= 0.3 is 12.5 Å². The molecule has 3 nitrogen and oxygen atoms in total. The first-order valence-electron chi connectivity index (χ1n) is 3.61. The van der Waals surface area contributed by atoms with Crippen molar-refractivity contribution in [1.29, 1.82) is 0 Å². The Morgan fingerprint density at radius 1 is 1.19 bits per heavy atom. The Bertz CT molecular complexity index is 354. The van der Waals surface area contributed by atoms with E-state index in [2.05, 4.69) is 9.84 Å². The zero-order chi connectivity index (χ0) is 12.6. The van der Waals surface area contributed by atoms with Gasteiger partial charge in [-0.05, 0) is 6.07 Å².